The Bertz CT molecular complexity index is 216. The lowest BCUT2D eigenvalue weighted by Gasteiger charge is -2.20. The highest BCUT2D eigenvalue weighted by Crippen LogP contribution is 2.23. The van der Waals surface area contributed by atoms with Crippen molar-refractivity contribution in [2.45, 2.75) is 34.3 Å². The second-order valence-electron chi connectivity index (χ2n) is 3.06. The van der Waals surface area contributed by atoms with E-state index in [1.807, 2.05) is 13.8 Å². The summed E-state index contributed by atoms with van der Waals surface area (Å²) in [5.41, 5.74) is 0.226. The summed E-state index contributed by atoms with van der Waals surface area (Å²) in [6.45, 7) is 5.22. The molecular formula is C9H15O3-. The molecule has 3 nitrogen and oxygen atoms in total. The Kier molecular flexibility index (Phi) is 3.31. The van der Waals surface area contributed by atoms with Gasteiger partial charge in [-0.05, 0) is 12.8 Å². The monoisotopic (exact) mass is 171 g/mol. The summed E-state index contributed by atoms with van der Waals surface area (Å²) in [7, 11) is 0. The molecule has 1 heterocycles. The number of carbonyl (C=O) groups is 1. The van der Waals surface area contributed by atoms with Crippen molar-refractivity contribution in [3.05, 3.63) is 11.3 Å². The highest BCUT2D eigenvalue weighted by molar-refractivity contribution is 5.90. The zero-order valence-corrected chi connectivity index (χ0v) is 6.88. The Morgan fingerprint density at radius 3 is 2.17 bits per heavy atom. The van der Waals surface area contributed by atoms with Gasteiger partial charge in [-0.3, -0.25) is 0 Å². The topological polar surface area (TPSA) is 49.4 Å². The molecule has 12 heavy (non-hydrogen) atoms. The zero-order valence-electron chi connectivity index (χ0n) is 6.88. The van der Waals surface area contributed by atoms with E-state index in [1.54, 1.807) is 0 Å². The second-order valence-corrected chi connectivity index (χ2v) is 3.06. The molecule has 0 N–H and O–H groups in total. The first kappa shape index (κ1) is 11.0. The van der Waals surface area contributed by atoms with E-state index in [1.165, 1.54) is 6.92 Å². The third-order valence-corrected chi connectivity index (χ3v) is 1.77. The molecule has 0 bridgehead atoms. The van der Waals surface area contributed by atoms with Crippen LogP contribution in [0.15, 0.2) is 11.3 Å². The van der Waals surface area contributed by atoms with Gasteiger partial charge in [0.1, 0.15) is 6.10 Å². The number of rotatable bonds is 1. The summed E-state index contributed by atoms with van der Waals surface area (Å²) in [5.74, 6) is -0.553. The number of carbonyl (C=O) groups excluding carboxylic acids is 1. The molecule has 70 valence electrons. The van der Waals surface area contributed by atoms with Crippen LogP contribution in [0.4, 0.5) is 0 Å². The van der Waals surface area contributed by atoms with E-state index < -0.39 is 12.1 Å². The van der Waals surface area contributed by atoms with E-state index in [9.17, 15) is 9.90 Å². The molecule has 0 saturated heterocycles. The number of hydrogen-bond donors (Lipinski definition) is 0. The molecule has 0 aromatic rings. The molecule has 0 amide bonds. The summed E-state index contributed by atoms with van der Waals surface area (Å²) in [4.78, 5) is 10.8. The van der Waals surface area contributed by atoms with Gasteiger partial charge in [-0.25, -0.2) is 4.79 Å². The van der Waals surface area contributed by atoms with Crippen LogP contribution in [0.5, 0.6) is 0 Å². The van der Waals surface area contributed by atoms with Crippen LogP contribution in [0.1, 0.15) is 28.2 Å². The first-order chi connectivity index (χ1) is 5.04. The van der Waals surface area contributed by atoms with Crippen LogP contribution in [-0.4, -0.2) is 12.1 Å². The molecule has 3 heteroatoms. The molecule has 1 rings (SSSR count). The molecule has 0 saturated carbocycles. The lowest BCUT2D eigenvalue weighted by atomic mass is 10.1. The van der Waals surface area contributed by atoms with Gasteiger partial charge in [-0.1, -0.05) is 27.0 Å². The molecule has 0 fully saturated rings. The molecule has 0 aromatic carbocycles. The third kappa shape index (κ3) is 1.60. The molecule has 0 aromatic heterocycles. The van der Waals surface area contributed by atoms with Gasteiger partial charge >= 0.3 is 5.97 Å². The SMILES string of the molecule is C.CC1=C([O-])[C@@H](C(C)C)OC1=O. The summed E-state index contributed by atoms with van der Waals surface area (Å²) < 4.78 is 4.82. The highest BCUT2D eigenvalue weighted by atomic mass is 16.6. The zero-order chi connectivity index (χ0) is 8.59. The predicted octanol–water partition coefficient (Wildman–Crippen LogP) is 0.838. The lowest BCUT2D eigenvalue weighted by Crippen LogP contribution is -2.24. The minimum atomic E-state index is -0.539. The fourth-order valence-corrected chi connectivity index (χ4v) is 1.01. The van der Waals surface area contributed by atoms with Crippen molar-refractivity contribution in [3.8, 4) is 0 Å². The van der Waals surface area contributed by atoms with E-state index in [0.717, 1.165) is 0 Å². The van der Waals surface area contributed by atoms with E-state index in [4.69, 9.17) is 4.74 Å². The van der Waals surface area contributed by atoms with E-state index in [-0.39, 0.29) is 24.7 Å². The molecule has 1 aliphatic rings. The minimum Gasteiger partial charge on any atom is -0.873 e. The fourth-order valence-electron chi connectivity index (χ4n) is 1.01. The van der Waals surface area contributed by atoms with Gasteiger partial charge in [0.15, 0.2) is 0 Å². The van der Waals surface area contributed by atoms with Crippen molar-refractivity contribution in [2.24, 2.45) is 5.92 Å². The Balaban J connectivity index is 0.00000121. The third-order valence-electron chi connectivity index (χ3n) is 1.77. The van der Waals surface area contributed by atoms with Gasteiger partial charge < -0.3 is 9.84 Å². The van der Waals surface area contributed by atoms with Gasteiger partial charge in [0.25, 0.3) is 0 Å². The molecule has 0 radical (unpaired) electrons. The molecule has 0 unspecified atom stereocenters. The quantitative estimate of drug-likeness (QED) is 0.549. The van der Waals surface area contributed by atoms with E-state index in [0.29, 0.717) is 0 Å². The maximum Gasteiger partial charge on any atom is 0.333 e. The average molecular weight is 171 g/mol. The van der Waals surface area contributed by atoms with Gasteiger partial charge in [0.2, 0.25) is 0 Å². The summed E-state index contributed by atoms with van der Waals surface area (Å²) in [6, 6.07) is 0. The van der Waals surface area contributed by atoms with Crippen LogP contribution in [-0.2, 0) is 9.53 Å². The molecule has 1 atom stereocenters. The number of hydrogen-bond acceptors (Lipinski definition) is 3. The van der Waals surface area contributed by atoms with Crippen molar-refractivity contribution >= 4 is 5.97 Å². The highest BCUT2D eigenvalue weighted by Gasteiger charge is 2.27. The Morgan fingerprint density at radius 1 is 1.50 bits per heavy atom. The van der Waals surface area contributed by atoms with Gasteiger partial charge in [-0.2, -0.15) is 0 Å². The normalized spacial score (nSPS) is 22.7. The van der Waals surface area contributed by atoms with Crippen LogP contribution in [0, 0.1) is 5.92 Å². The van der Waals surface area contributed by atoms with Crippen molar-refractivity contribution in [1.29, 1.82) is 0 Å². The van der Waals surface area contributed by atoms with Crippen molar-refractivity contribution < 1.29 is 14.6 Å². The standard InChI is InChI=1S/C8H12O3.CH4/c1-4(2)7-6(9)5(3)8(10)11-7;/h4,7,9H,1-3H3;1H4/p-1/t7-;/m1./s1. The Labute approximate surface area is 73.0 Å². The lowest BCUT2D eigenvalue weighted by molar-refractivity contribution is -0.319. The first-order valence-corrected chi connectivity index (χ1v) is 3.62. The average Bonchev–Trinajstić information content (AvgIpc) is 2.17. The number of ether oxygens (including phenoxy) is 1. The molecule has 0 aliphatic carbocycles. The Morgan fingerprint density at radius 2 is 2.00 bits per heavy atom. The van der Waals surface area contributed by atoms with Crippen molar-refractivity contribution in [1.82, 2.24) is 0 Å². The molecule has 1 aliphatic heterocycles. The maximum absolute atomic E-state index is 11.2. The molecule has 0 spiro atoms. The number of cyclic esters (lactones) is 1. The smallest absolute Gasteiger partial charge is 0.333 e. The largest absolute Gasteiger partial charge is 0.873 e. The van der Waals surface area contributed by atoms with Crippen molar-refractivity contribution in [2.75, 3.05) is 0 Å². The van der Waals surface area contributed by atoms with Crippen LogP contribution in [0.3, 0.4) is 0 Å². The Hall–Kier alpha value is -0.990. The fraction of sp³-hybridized carbons (Fsp3) is 0.667. The van der Waals surface area contributed by atoms with Crippen LogP contribution in [0.25, 0.3) is 0 Å². The van der Waals surface area contributed by atoms with Gasteiger partial charge in [-0.15, -0.1) is 0 Å². The van der Waals surface area contributed by atoms with Crippen molar-refractivity contribution in [3.63, 3.8) is 0 Å². The first-order valence-electron chi connectivity index (χ1n) is 3.62. The minimum absolute atomic E-state index is 0. The summed E-state index contributed by atoms with van der Waals surface area (Å²) in [6.07, 6.45) is -0.539. The predicted molar refractivity (Wildman–Crippen MR) is 44.1 cm³/mol. The van der Waals surface area contributed by atoms with Crippen LogP contribution >= 0.6 is 0 Å². The van der Waals surface area contributed by atoms with Crippen LogP contribution < -0.4 is 5.11 Å². The summed E-state index contributed by atoms with van der Waals surface area (Å²) >= 11 is 0. The van der Waals surface area contributed by atoms with Gasteiger partial charge in [0.05, 0.1) is 0 Å². The second kappa shape index (κ2) is 3.61. The van der Waals surface area contributed by atoms with E-state index >= 15 is 0 Å². The molecular weight excluding hydrogens is 156 g/mol. The van der Waals surface area contributed by atoms with Gasteiger partial charge in [0, 0.05) is 5.57 Å². The van der Waals surface area contributed by atoms with E-state index in [2.05, 4.69) is 0 Å². The van der Waals surface area contributed by atoms with Crippen LogP contribution in [0.2, 0.25) is 0 Å². The number of esters is 1. The maximum atomic E-state index is 11.2. The summed E-state index contributed by atoms with van der Waals surface area (Å²) in [5, 5.41) is 11.2.